The van der Waals surface area contributed by atoms with E-state index in [9.17, 15) is 14.4 Å². The Morgan fingerprint density at radius 2 is 1.62 bits per heavy atom. The van der Waals surface area contributed by atoms with Crippen molar-refractivity contribution in [3.63, 3.8) is 0 Å². The highest BCUT2D eigenvalue weighted by atomic mass is 35.5. The third-order valence-electron chi connectivity index (χ3n) is 5.15. The van der Waals surface area contributed by atoms with Gasteiger partial charge in [0.2, 0.25) is 5.91 Å². The lowest BCUT2D eigenvalue weighted by Gasteiger charge is -2.12. The van der Waals surface area contributed by atoms with Crippen LogP contribution in [0.4, 0.5) is 11.5 Å². The number of thioether (sulfide) groups is 1. The van der Waals surface area contributed by atoms with E-state index in [0.29, 0.717) is 32.7 Å². The largest absolute Gasteiger partial charge is 0.321 e. The number of nitrogens with one attached hydrogen (secondary N) is 3. The van der Waals surface area contributed by atoms with Gasteiger partial charge in [0, 0.05) is 27.4 Å². The van der Waals surface area contributed by atoms with Crippen molar-refractivity contribution in [1.29, 1.82) is 0 Å². The van der Waals surface area contributed by atoms with E-state index >= 15 is 0 Å². The van der Waals surface area contributed by atoms with Crippen molar-refractivity contribution in [3.05, 3.63) is 124 Å². The van der Waals surface area contributed by atoms with E-state index in [1.807, 2.05) is 6.07 Å². The number of rotatable bonds is 9. The smallest absolute Gasteiger partial charge is 0.272 e. The third kappa shape index (κ3) is 8.71. The van der Waals surface area contributed by atoms with Crippen LogP contribution in [-0.2, 0) is 9.59 Å². The van der Waals surface area contributed by atoms with Gasteiger partial charge >= 0.3 is 0 Å². The van der Waals surface area contributed by atoms with E-state index in [0.717, 1.165) is 4.90 Å². The van der Waals surface area contributed by atoms with E-state index in [4.69, 9.17) is 23.2 Å². The highest BCUT2D eigenvalue weighted by Crippen LogP contribution is 2.23. The number of nitrogens with zero attached hydrogens (tertiary/aromatic N) is 1. The minimum Gasteiger partial charge on any atom is -0.321 e. The van der Waals surface area contributed by atoms with Gasteiger partial charge in [0.05, 0.1) is 10.8 Å². The zero-order valence-corrected chi connectivity index (χ0v) is 22.7. The first-order valence-corrected chi connectivity index (χ1v) is 13.4. The van der Waals surface area contributed by atoms with Crippen molar-refractivity contribution in [2.45, 2.75) is 4.90 Å². The number of benzene rings is 3. The Hall–Kier alpha value is -4.11. The molecule has 0 fully saturated rings. The molecule has 0 aliphatic carbocycles. The van der Waals surface area contributed by atoms with Gasteiger partial charge in [0.15, 0.2) is 0 Å². The lowest BCUT2D eigenvalue weighted by molar-refractivity contribution is -0.114. The third-order valence-corrected chi connectivity index (χ3v) is 6.60. The molecule has 3 amide bonds. The molecule has 196 valence electrons. The number of pyridine rings is 1. The standard InChI is InChI=1S/C29H22Cl2N4O3S/c30-21-9-4-6-19(14-21)15-25(34-28(37)20-7-2-1-3-8-20)29(38)33-23-10-5-11-24(16-23)39-18-27(36)35-26-13-12-22(31)17-32-26/h1-17H,18H2,(H,33,38)(H,34,37)(H,32,35,36)/b25-15-. The van der Waals surface area contributed by atoms with Gasteiger partial charge in [0.25, 0.3) is 11.8 Å². The number of amides is 3. The molecule has 0 aliphatic rings. The van der Waals surface area contributed by atoms with Crippen LogP contribution < -0.4 is 16.0 Å². The first kappa shape index (κ1) is 27.9. The molecule has 1 heterocycles. The Balaban J connectivity index is 1.45. The molecule has 4 aromatic rings. The van der Waals surface area contributed by atoms with Gasteiger partial charge in [-0.15, -0.1) is 11.8 Å². The van der Waals surface area contributed by atoms with E-state index in [1.54, 1.807) is 91.0 Å². The number of anilines is 2. The molecule has 10 heteroatoms. The second-order valence-corrected chi connectivity index (χ2v) is 10.0. The fraction of sp³-hybridized carbons (Fsp3) is 0.0345. The van der Waals surface area contributed by atoms with Crippen LogP contribution in [0.1, 0.15) is 15.9 Å². The number of hydrogen-bond acceptors (Lipinski definition) is 5. The molecule has 0 saturated carbocycles. The second kappa shape index (κ2) is 13.6. The Morgan fingerprint density at radius 1 is 0.821 bits per heavy atom. The Bertz CT molecular complexity index is 1510. The SMILES string of the molecule is O=C(CSc1cccc(NC(=O)/C(=C/c2cccc(Cl)c2)NC(=O)c2ccccc2)c1)Nc1ccc(Cl)cn1. The average Bonchev–Trinajstić information content (AvgIpc) is 2.93. The van der Waals surface area contributed by atoms with Crippen LogP contribution in [0.5, 0.6) is 0 Å². The molecule has 0 atom stereocenters. The molecule has 3 aromatic carbocycles. The summed E-state index contributed by atoms with van der Waals surface area (Å²) in [6.07, 6.45) is 3.00. The van der Waals surface area contributed by atoms with Gasteiger partial charge in [-0.25, -0.2) is 4.98 Å². The molecule has 3 N–H and O–H groups in total. The number of carbonyl (C=O) groups excluding carboxylic acids is 3. The molecular formula is C29H22Cl2N4O3S. The summed E-state index contributed by atoms with van der Waals surface area (Å²) in [5.41, 5.74) is 1.59. The summed E-state index contributed by atoms with van der Waals surface area (Å²) in [4.78, 5) is 43.2. The Labute approximate surface area is 239 Å². The molecular weight excluding hydrogens is 555 g/mol. The lowest BCUT2D eigenvalue weighted by Crippen LogP contribution is -2.30. The van der Waals surface area contributed by atoms with Crippen LogP contribution in [0.15, 0.2) is 108 Å². The van der Waals surface area contributed by atoms with Crippen LogP contribution in [0.25, 0.3) is 6.08 Å². The van der Waals surface area contributed by atoms with Gasteiger partial charge in [-0.2, -0.15) is 0 Å². The molecule has 0 aliphatic heterocycles. The van der Waals surface area contributed by atoms with E-state index in [2.05, 4.69) is 20.9 Å². The van der Waals surface area contributed by atoms with E-state index < -0.39 is 11.8 Å². The summed E-state index contributed by atoms with van der Waals surface area (Å²) in [5.74, 6) is -0.644. The monoisotopic (exact) mass is 576 g/mol. The minimum atomic E-state index is -0.520. The van der Waals surface area contributed by atoms with E-state index in [-0.39, 0.29) is 17.4 Å². The maximum atomic E-state index is 13.3. The molecule has 0 unspecified atom stereocenters. The zero-order chi connectivity index (χ0) is 27.6. The molecule has 7 nitrogen and oxygen atoms in total. The minimum absolute atomic E-state index is 0.0408. The van der Waals surface area contributed by atoms with Gasteiger partial charge in [0.1, 0.15) is 11.5 Å². The van der Waals surface area contributed by atoms with Crippen molar-refractivity contribution in [2.24, 2.45) is 0 Å². The number of hydrogen-bond donors (Lipinski definition) is 3. The quantitative estimate of drug-likeness (QED) is 0.155. The van der Waals surface area contributed by atoms with Crippen LogP contribution in [-0.4, -0.2) is 28.5 Å². The first-order chi connectivity index (χ1) is 18.9. The molecule has 0 spiro atoms. The fourth-order valence-electron chi connectivity index (χ4n) is 3.35. The first-order valence-electron chi connectivity index (χ1n) is 11.6. The predicted molar refractivity (Wildman–Crippen MR) is 157 cm³/mol. The summed E-state index contributed by atoms with van der Waals surface area (Å²) in [7, 11) is 0. The molecule has 1 aromatic heterocycles. The molecule has 4 rings (SSSR count). The Kier molecular flexibility index (Phi) is 9.74. The van der Waals surface area contributed by atoms with Gasteiger partial charge in [-0.3, -0.25) is 14.4 Å². The topological polar surface area (TPSA) is 100 Å². The number of aromatic nitrogens is 1. The summed E-state index contributed by atoms with van der Waals surface area (Å²) < 4.78 is 0. The number of carbonyl (C=O) groups is 3. The molecule has 39 heavy (non-hydrogen) atoms. The van der Waals surface area contributed by atoms with Crippen molar-refractivity contribution < 1.29 is 14.4 Å². The maximum absolute atomic E-state index is 13.3. The predicted octanol–water partition coefficient (Wildman–Crippen LogP) is 6.53. The Morgan fingerprint density at radius 3 is 2.36 bits per heavy atom. The number of halogens is 2. The average molecular weight is 577 g/mol. The van der Waals surface area contributed by atoms with Crippen LogP contribution >= 0.6 is 35.0 Å². The highest BCUT2D eigenvalue weighted by Gasteiger charge is 2.15. The zero-order valence-electron chi connectivity index (χ0n) is 20.4. The van der Waals surface area contributed by atoms with Crippen molar-refractivity contribution in [2.75, 3.05) is 16.4 Å². The van der Waals surface area contributed by atoms with Crippen LogP contribution in [0.2, 0.25) is 10.0 Å². The molecule has 0 saturated heterocycles. The second-order valence-electron chi connectivity index (χ2n) is 8.11. The normalized spacial score (nSPS) is 11.0. The highest BCUT2D eigenvalue weighted by molar-refractivity contribution is 8.00. The van der Waals surface area contributed by atoms with Gasteiger partial charge in [-0.05, 0) is 66.2 Å². The summed E-state index contributed by atoms with van der Waals surface area (Å²) >= 11 is 13.2. The maximum Gasteiger partial charge on any atom is 0.272 e. The van der Waals surface area contributed by atoms with Crippen LogP contribution in [0, 0.1) is 0 Å². The van der Waals surface area contributed by atoms with Gasteiger partial charge < -0.3 is 16.0 Å². The van der Waals surface area contributed by atoms with Crippen molar-refractivity contribution in [1.82, 2.24) is 10.3 Å². The summed E-state index contributed by atoms with van der Waals surface area (Å²) in [6, 6.07) is 25.8. The van der Waals surface area contributed by atoms with Crippen LogP contribution in [0.3, 0.4) is 0 Å². The molecule has 0 radical (unpaired) electrons. The summed E-state index contributed by atoms with van der Waals surface area (Å²) in [5, 5.41) is 9.19. The van der Waals surface area contributed by atoms with E-state index in [1.165, 1.54) is 18.0 Å². The van der Waals surface area contributed by atoms with Gasteiger partial charge in [-0.1, -0.05) is 59.6 Å². The summed E-state index contributed by atoms with van der Waals surface area (Å²) in [6.45, 7) is 0. The van der Waals surface area contributed by atoms with Crippen molar-refractivity contribution in [3.8, 4) is 0 Å². The fourth-order valence-corrected chi connectivity index (χ4v) is 4.41. The lowest BCUT2D eigenvalue weighted by atomic mass is 10.1. The van der Waals surface area contributed by atoms with Crippen molar-refractivity contribution >= 4 is 70.3 Å². The molecule has 0 bridgehead atoms.